The number of furan rings is 1. The van der Waals surface area contributed by atoms with E-state index in [1.54, 1.807) is 25.3 Å². The standard InChI is InChI=1S/C21H15I2N3O4/c1-12-13(2)30-21(17(12)9-24)25-10-15-7-18(22)20(19(23)8-15)29-11-14-3-5-16(6-4-14)26(27)28/h3-8,10H,11H2,1-2H3. The zero-order chi connectivity index (χ0) is 21.8. The number of hydrogen-bond acceptors (Lipinski definition) is 6. The Morgan fingerprint density at radius 1 is 1.23 bits per heavy atom. The Hall–Kier alpha value is -2.46. The molecule has 1 heterocycles. The van der Waals surface area contributed by atoms with Crippen molar-refractivity contribution in [2.24, 2.45) is 4.99 Å². The second-order valence-corrected chi connectivity index (χ2v) is 8.68. The summed E-state index contributed by atoms with van der Waals surface area (Å²) in [4.78, 5) is 14.7. The number of nitriles is 1. The van der Waals surface area contributed by atoms with Gasteiger partial charge in [-0.3, -0.25) is 10.1 Å². The average Bonchev–Trinajstić information content (AvgIpc) is 2.99. The van der Waals surface area contributed by atoms with Crippen LogP contribution in [0.15, 0.2) is 45.8 Å². The van der Waals surface area contributed by atoms with Crippen molar-refractivity contribution in [3.05, 3.63) is 81.7 Å². The molecule has 30 heavy (non-hydrogen) atoms. The smallest absolute Gasteiger partial charge is 0.269 e. The second kappa shape index (κ2) is 9.57. The van der Waals surface area contributed by atoms with Crippen LogP contribution < -0.4 is 4.74 Å². The van der Waals surface area contributed by atoms with E-state index in [2.05, 4.69) is 56.2 Å². The maximum Gasteiger partial charge on any atom is 0.269 e. The molecule has 0 saturated carbocycles. The molecule has 0 radical (unpaired) electrons. The number of nitro groups is 1. The van der Waals surface area contributed by atoms with Crippen LogP contribution in [0.1, 0.15) is 28.0 Å². The molecule has 0 bridgehead atoms. The van der Waals surface area contributed by atoms with Crippen molar-refractivity contribution in [3.63, 3.8) is 0 Å². The third-order valence-corrected chi connectivity index (χ3v) is 5.96. The van der Waals surface area contributed by atoms with E-state index in [4.69, 9.17) is 9.15 Å². The molecule has 1 aromatic heterocycles. The van der Waals surface area contributed by atoms with Crippen molar-refractivity contribution in [2.45, 2.75) is 20.5 Å². The number of halogens is 2. The normalized spacial score (nSPS) is 10.9. The molecule has 0 unspecified atom stereocenters. The van der Waals surface area contributed by atoms with Crippen molar-refractivity contribution in [3.8, 4) is 11.8 Å². The van der Waals surface area contributed by atoms with E-state index >= 15 is 0 Å². The van der Waals surface area contributed by atoms with Crippen molar-refractivity contribution in [1.82, 2.24) is 0 Å². The Balaban J connectivity index is 1.76. The van der Waals surface area contributed by atoms with Gasteiger partial charge in [-0.15, -0.1) is 0 Å². The molecule has 9 heteroatoms. The maximum absolute atomic E-state index is 10.8. The number of aliphatic imine (C=N–C) groups is 1. The van der Waals surface area contributed by atoms with Crippen LogP contribution in [0.2, 0.25) is 0 Å². The second-order valence-electron chi connectivity index (χ2n) is 6.36. The molecule has 2 aromatic carbocycles. The maximum atomic E-state index is 10.8. The summed E-state index contributed by atoms with van der Waals surface area (Å²) in [6, 6.07) is 12.3. The van der Waals surface area contributed by atoms with E-state index in [1.165, 1.54) is 12.1 Å². The summed E-state index contributed by atoms with van der Waals surface area (Å²) < 4.78 is 13.3. The highest BCUT2D eigenvalue weighted by Gasteiger charge is 2.14. The summed E-state index contributed by atoms with van der Waals surface area (Å²) in [5, 5.41) is 20.0. The van der Waals surface area contributed by atoms with Gasteiger partial charge in [-0.2, -0.15) is 5.26 Å². The van der Waals surface area contributed by atoms with Crippen molar-refractivity contribution < 1.29 is 14.1 Å². The van der Waals surface area contributed by atoms with Gasteiger partial charge in [0.2, 0.25) is 5.88 Å². The molecule has 0 aliphatic heterocycles. The number of ether oxygens (including phenoxy) is 1. The van der Waals surface area contributed by atoms with E-state index in [9.17, 15) is 15.4 Å². The number of nitro benzene ring substituents is 1. The highest BCUT2D eigenvalue weighted by Crippen LogP contribution is 2.31. The molecule has 0 N–H and O–H groups in total. The van der Waals surface area contributed by atoms with Crippen LogP contribution in [0.4, 0.5) is 11.6 Å². The molecule has 0 saturated heterocycles. The molecular formula is C21H15I2N3O4. The van der Waals surface area contributed by atoms with Gasteiger partial charge in [0.15, 0.2) is 0 Å². The fourth-order valence-corrected chi connectivity index (χ4v) is 4.75. The first-order valence-electron chi connectivity index (χ1n) is 8.69. The molecule has 0 amide bonds. The first kappa shape index (κ1) is 22.2. The topological polar surface area (TPSA) is 102 Å². The fourth-order valence-electron chi connectivity index (χ4n) is 2.63. The quantitative estimate of drug-likeness (QED) is 0.140. The highest BCUT2D eigenvalue weighted by atomic mass is 127. The SMILES string of the molecule is Cc1oc(N=Cc2cc(I)c(OCc3ccc([N+](=O)[O-])cc3)c(I)c2)c(C#N)c1C. The van der Waals surface area contributed by atoms with Crippen molar-refractivity contribution in [2.75, 3.05) is 0 Å². The van der Waals surface area contributed by atoms with Crippen molar-refractivity contribution >= 4 is 63.0 Å². The third-order valence-electron chi connectivity index (χ3n) is 4.36. The Labute approximate surface area is 200 Å². The molecule has 0 aliphatic rings. The molecule has 7 nitrogen and oxygen atoms in total. The minimum absolute atomic E-state index is 0.0491. The summed E-state index contributed by atoms with van der Waals surface area (Å²) in [5.74, 6) is 1.71. The Morgan fingerprint density at radius 3 is 2.43 bits per heavy atom. The molecular weight excluding hydrogens is 612 g/mol. The number of non-ortho nitro benzene ring substituents is 1. The van der Waals surface area contributed by atoms with E-state index in [0.29, 0.717) is 23.8 Å². The average molecular weight is 627 g/mol. The summed E-state index contributed by atoms with van der Waals surface area (Å²) in [5.41, 5.74) is 2.97. The first-order chi connectivity index (χ1) is 14.3. The van der Waals surface area contributed by atoms with E-state index in [-0.39, 0.29) is 5.69 Å². The predicted molar refractivity (Wildman–Crippen MR) is 129 cm³/mol. The van der Waals surface area contributed by atoms with Crippen LogP contribution in [0.3, 0.4) is 0 Å². The molecule has 0 aliphatic carbocycles. The lowest BCUT2D eigenvalue weighted by atomic mass is 10.2. The summed E-state index contributed by atoms with van der Waals surface area (Å²) in [6.07, 6.45) is 1.66. The molecule has 3 rings (SSSR count). The fraction of sp³-hybridized carbons (Fsp3) is 0.143. The number of nitrogens with zero attached hydrogens (tertiary/aromatic N) is 3. The van der Waals surface area contributed by atoms with Gasteiger partial charge in [0, 0.05) is 23.9 Å². The van der Waals surface area contributed by atoms with Crippen LogP contribution in [0.5, 0.6) is 5.75 Å². The van der Waals surface area contributed by atoms with Gasteiger partial charge in [0.05, 0.1) is 12.1 Å². The minimum atomic E-state index is -0.429. The van der Waals surface area contributed by atoms with Crippen molar-refractivity contribution in [1.29, 1.82) is 5.26 Å². The Morgan fingerprint density at radius 2 is 1.87 bits per heavy atom. The predicted octanol–water partition coefficient (Wildman–Crippen LogP) is 6.22. The lowest BCUT2D eigenvalue weighted by Gasteiger charge is -2.11. The number of hydrogen-bond donors (Lipinski definition) is 0. The third kappa shape index (κ3) is 4.99. The van der Waals surface area contributed by atoms with Gasteiger partial charge < -0.3 is 9.15 Å². The zero-order valence-corrected chi connectivity index (χ0v) is 20.3. The lowest BCUT2D eigenvalue weighted by Crippen LogP contribution is -2.00. The molecule has 0 spiro atoms. The van der Waals surface area contributed by atoms with Crippen LogP contribution in [-0.2, 0) is 6.61 Å². The Bertz CT molecular complexity index is 1160. The van der Waals surface area contributed by atoms with Gasteiger partial charge in [-0.05, 0) is 94.4 Å². The first-order valence-corrected chi connectivity index (χ1v) is 10.8. The summed E-state index contributed by atoms with van der Waals surface area (Å²) in [7, 11) is 0. The minimum Gasteiger partial charge on any atom is -0.487 e. The monoisotopic (exact) mass is 627 g/mol. The highest BCUT2D eigenvalue weighted by molar-refractivity contribution is 14.1. The Kier molecular flexibility index (Phi) is 7.09. The van der Waals surface area contributed by atoms with E-state index in [0.717, 1.165) is 29.6 Å². The zero-order valence-electron chi connectivity index (χ0n) is 16.0. The van der Waals surface area contributed by atoms with Crippen LogP contribution in [-0.4, -0.2) is 11.1 Å². The van der Waals surface area contributed by atoms with Crippen LogP contribution in [0, 0.1) is 42.4 Å². The van der Waals surface area contributed by atoms with Crippen LogP contribution >= 0.6 is 45.2 Å². The van der Waals surface area contributed by atoms with Gasteiger partial charge in [-0.25, -0.2) is 4.99 Å². The van der Waals surface area contributed by atoms with Gasteiger partial charge in [0.1, 0.15) is 29.7 Å². The molecule has 152 valence electrons. The van der Waals surface area contributed by atoms with E-state index < -0.39 is 4.92 Å². The number of benzene rings is 2. The molecule has 0 atom stereocenters. The van der Waals surface area contributed by atoms with Gasteiger partial charge in [-0.1, -0.05) is 0 Å². The van der Waals surface area contributed by atoms with Crippen LogP contribution in [0.25, 0.3) is 0 Å². The number of aryl methyl sites for hydroxylation is 1. The summed E-state index contributed by atoms with van der Waals surface area (Å²) in [6.45, 7) is 3.94. The largest absolute Gasteiger partial charge is 0.487 e. The van der Waals surface area contributed by atoms with Gasteiger partial charge in [0.25, 0.3) is 5.69 Å². The lowest BCUT2D eigenvalue weighted by molar-refractivity contribution is -0.384. The summed E-state index contributed by atoms with van der Waals surface area (Å²) >= 11 is 4.38. The van der Waals surface area contributed by atoms with Gasteiger partial charge >= 0.3 is 0 Å². The molecule has 3 aromatic rings. The number of rotatable bonds is 6. The molecule has 0 fully saturated rings. The van der Waals surface area contributed by atoms with E-state index in [1.807, 2.05) is 19.1 Å².